The average Bonchev–Trinajstić information content (AvgIpc) is 3.13. The lowest BCUT2D eigenvalue weighted by Crippen LogP contribution is -2.61. The van der Waals surface area contributed by atoms with E-state index in [4.69, 9.17) is 9.47 Å². The molecule has 1 aromatic carbocycles. The van der Waals surface area contributed by atoms with Crippen molar-refractivity contribution >= 4 is 0 Å². The van der Waals surface area contributed by atoms with Crippen molar-refractivity contribution in [1.29, 1.82) is 0 Å². The molecule has 2 aromatic rings. The number of fused-ring (bicyclic) bond motifs is 1. The number of nitrogens with zero attached hydrogens (tertiary/aromatic N) is 1. The Morgan fingerprint density at radius 3 is 2.43 bits per heavy atom. The topological polar surface area (TPSA) is 47.5 Å². The summed E-state index contributed by atoms with van der Waals surface area (Å²) >= 11 is 0. The quantitative estimate of drug-likeness (QED) is 0.830. The second-order valence-corrected chi connectivity index (χ2v) is 9.65. The summed E-state index contributed by atoms with van der Waals surface area (Å²) in [6.07, 6.45) is 2.27. The average molecular weight is 384 g/mol. The molecule has 0 atom stereocenters. The van der Waals surface area contributed by atoms with Gasteiger partial charge in [0, 0.05) is 46.8 Å². The zero-order chi connectivity index (χ0) is 20.1. The molecular formula is C23H33N3O2. The maximum absolute atomic E-state index is 5.56. The van der Waals surface area contributed by atoms with E-state index in [-0.39, 0.29) is 11.1 Å². The Hall–Kier alpha value is -1.98. The summed E-state index contributed by atoms with van der Waals surface area (Å²) in [5.74, 6) is 1.65. The molecule has 152 valence electrons. The van der Waals surface area contributed by atoms with Gasteiger partial charge in [-0.15, -0.1) is 0 Å². The van der Waals surface area contributed by atoms with Gasteiger partial charge in [0.2, 0.25) is 6.79 Å². The Kier molecular flexibility index (Phi) is 4.71. The van der Waals surface area contributed by atoms with Gasteiger partial charge in [-0.3, -0.25) is 0 Å². The lowest BCUT2D eigenvalue weighted by atomic mass is 9.79. The Balaban J connectivity index is 1.52. The molecule has 5 nitrogen and oxygen atoms in total. The first-order valence-corrected chi connectivity index (χ1v) is 10.2. The van der Waals surface area contributed by atoms with Gasteiger partial charge in [-0.25, -0.2) is 0 Å². The zero-order valence-electron chi connectivity index (χ0n) is 18.0. The molecule has 4 rings (SSSR count). The second-order valence-electron chi connectivity index (χ2n) is 9.65. The van der Waals surface area contributed by atoms with Crippen molar-refractivity contribution in [3.8, 4) is 17.2 Å². The summed E-state index contributed by atoms with van der Waals surface area (Å²) in [5, 5.41) is 7.59. The van der Waals surface area contributed by atoms with Crippen molar-refractivity contribution in [2.24, 2.45) is 0 Å². The molecule has 5 heteroatoms. The number of hydrogen-bond donors (Lipinski definition) is 2. The standard InChI is InChI=1S/C23H33N3O2/c1-15-9-17(13-24-18-11-22(3,4)25-23(5,6)12-18)16(2)26(15)19-7-8-20-21(10-19)28-14-27-20/h7-10,18,24-25H,11-14H2,1-6H3. The van der Waals surface area contributed by atoms with E-state index in [0.717, 1.165) is 36.6 Å². The first-order chi connectivity index (χ1) is 13.1. The predicted octanol–water partition coefficient (Wildman–Crippen LogP) is 4.22. The molecule has 2 N–H and O–H groups in total. The summed E-state index contributed by atoms with van der Waals surface area (Å²) in [4.78, 5) is 0. The number of hydrogen-bond acceptors (Lipinski definition) is 4. The van der Waals surface area contributed by atoms with Crippen LogP contribution in [0.25, 0.3) is 5.69 Å². The van der Waals surface area contributed by atoms with E-state index in [1.54, 1.807) is 0 Å². The molecule has 0 bridgehead atoms. The van der Waals surface area contributed by atoms with Crippen molar-refractivity contribution in [2.45, 2.75) is 78.0 Å². The van der Waals surface area contributed by atoms with Crippen LogP contribution in [0.4, 0.5) is 0 Å². The zero-order valence-corrected chi connectivity index (χ0v) is 18.0. The molecule has 2 aliphatic heterocycles. The van der Waals surface area contributed by atoms with Gasteiger partial charge < -0.3 is 24.7 Å². The van der Waals surface area contributed by atoms with Gasteiger partial charge in [-0.05, 0) is 78.1 Å². The van der Waals surface area contributed by atoms with E-state index in [1.807, 2.05) is 6.07 Å². The third-order valence-corrected chi connectivity index (χ3v) is 5.92. The van der Waals surface area contributed by atoms with Crippen LogP contribution < -0.4 is 20.1 Å². The van der Waals surface area contributed by atoms with Gasteiger partial charge >= 0.3 is 0 Å². The fourth-order valence-corrected chi connectivity index (χ4v) is 5.15. The van der Waals surface area contributed by atoms with Gasteiger partial charge in [0.15, 0.2) is 11.5 Å². The van der Waals surface area contributed by atoms with E-state index in [9.17, 15) is 0 Å². The van der Waals surface area contributed by atoms with E-state index in [2.05, 4.69) is 74.9 Å². The Morgan fingerprint density at radius 1 is 1.04 bits per heavy atom. The molecule has 1 fully saturated rings. The van der Waals surface area contributed by atoms with E-state index >= 15 is 0 Å². The van der Waals surface area contributed by atoms with Crippen molar-refractivity contribution < 1.29 is 9.47 Å². The normalized spacial score (nSPS) is 20.5. The molecule has 0 saturated carbocycles. The highest BCUT2D eigenvalue weighted by Crippen LogP contribution is 2.35. The van der Waals surface area contributed by atoms with E-state index in [1.165, 1.54) is 17.0 Å². The van der Waals surface area contributed by atoms with E-state index < -0.39 is 0 Å². The molecule has 0 amide bonds. The van der Waals surface area contributed by atoms with Crippen LogP contribution in [-0.2, 0) is 6.54 Å². The second kappa shape index (κ2) is 6.82. The third-order valence-electron chi connectivity index (χ3n) is 5.92. The number of aryl methyl sites for hydroxylation is 1. The van der Waals surface area contributed by atoms with Crippen molar-refractivity contribution in [1.82, 2.24) is 15.2 Å². The van der Waals surface area contributed by atoms with Crippen LogP contribution in [0, 0.1) is 13.8 Å². The third kappa shape index (κ3) is 3.78. The Morgan fingerprint density at radius 2 is 1.71 bits per heavy atom. The van der Waals surface area contributed by atoms with Crippen molar-refractivity contribution in [2.75, 3.05) is 6.79 Å². The molecule has 3 heterocycles. The largest absolute Gasteiger partial charge is 0.454 e. The maximum atomic E-state index is 5.56. The lowest BCUT2D eigenvalue weighted by molar-refractivity contribution is 0.145. The van der Waals surface area contributed by atoms with Crippen LogP contribution in [-0.4, -0.2) is 28.5 Å². The Labute approximate surface area is 168 Å². The van der Waals surface area contributed by atoms with Gasteiger partial charge in [-0.2, -0.15) is 0 Å². The highest BCUT2D eigenvalue weighted by Gasteiger charge is 2.37. The number of ether oxygens (including phenoxy) is 2. The van der Waals surface area contributed by atoms with Gasteiger partial charge in [0.05, 0.1) is 0 Å². The van der Waals surface area contributed by atoms with Crippen LogP contribution in [0.2, 0.25) is 0 Å². The predicted molar refractivity (Wildman–Crippen MR) is 113 cm³/mol. The molecule has 0 spiro atoms. The fraction of sp³-hybridized carbons (Fsp3) is 0.565. The van der Waals surface area contributed by atoms with Crippen molar-refractivity contribution in [3.05, 3.63) is 41.2 Å². The molecular weight excluding hydrogens is 350 g/mol. The first-order valence-electron chi connectivity index (χ1n) is 10.2. The minimum Gasteiger partial charge on any atom is -0.454 e. The summed E-state index contributed by atoms with van der Waals surface area (Å²) in [7, 11) is 0. The molecule has 1 aromatic heterocycles. The van der Waals surface area contributed by atoms with Gasteiger partial charge in [0.25, 0.3) is 0 Å². The summed E-state index contributed by atoms with van der Waals surface area (Å²) in [6, 6.07) is 8.97. The Bertz CT molecular complexity index is 866. The number of aromatic nitrogens is 1. The maximum Gasteiger partial charge on any atom is 0.231 e. The summed E-state index contributed by atoms with van der Waals surface area (Å²) in [6.45, 7) is 14.8. The number of benzene rings is 1. The number of nitrogens with one attached hydrogen (secondary N) is 2. The first kappa shape index (κ1) is 19.3. The van der Waals surface area contributed by atoms with Crippen LogP contribution in [0.5, 0.6) is 11.5 Å². The highest BCUT2D eigenvalue weighted by molar-refractivity contribution is 5.52. The van der Waals surface area contributed by atoms with Gasteiger partial charge in [0.1, 0.15) is 0 Å². The SMILES string of the molecule is Cc1cc(CNC2CC(C)(C)NC(C)(C)C2)c(C)n1-c1ccc2c(c1)OCO2. The molecule has 28 heavy (non-hydrogen) atoms. The molecule has 0 unspecified atom stereocenters. The van der Waals surface area contributed by atoms with Crippen LogP contribution >= 0.6 is 0 Å². The van der Waals surface area contributed by atoms with Crippen LogP contribution in [0.3, 0.4) is 0 Å². The van der Waals surface area contributed by atoms with Crippen LogP contribution in [0.1, 0.15) is 57.5 Å². The van der Waals surface area contributed by atoms with E-state index in [0.29, 0.717) is 12.8 Å². The smallest absolute Gasteiger partial charge is 0.231 e. The van der Waals surface area contributed by atoms with Crippen molar-refractivity contribution in [3.63, 3.8) is 0 Å². The molecule has 0 radical (unpaired) electrons. The lowest BCUT2D eigenvalue weighted by Gasteiger charge is -2.46. The number of rotatable bonds is 4. The minimum atomic E-state index is 0.156. The fourth-order valence-electron chi connectivity index (χ4n) is 5.15. The molecule has 2 aliphatic rings. The number of piperidine rings is 1. The minimum absolute atomic E-state index is 0.156. The summed E-state index contributed by atoms with van der Waals surface area (Å²) < 4.78 is 13.3. The summed E-state index contributed by atoms with van der Waals surface area (Å²) in [5.41, 5.74) is 5.29. The van der Waals surface area contributed by atoms with Crippen LogP contribution in [0.15, 0.2) is 24.3 Å². The highest BCUT2D eigenvalue weighted by atomic mass is 16.7. The van der Waals surface area contributed by atoms with Gasteiger partial charge in [-0.1, -0.05) is 0 Å². The molecule has 0 aliphatic carbocycles. The monoisotopic (exact) mass is 383 g/mol. The molecule has 1 saturated heterocycles.